The quantitative estimate of drug-likeness (QED) is 0.205. The first-order valence-electron chi connectivity index (χ1n) is 15.7. The van der Waals surface area contributed by atoms with E-state index in [1.807, 2.05) is 0 Å². The van der Waals surface area contributed by atoms with Gasteiger partial charge in [0.1, 0.15) is 0 Å². The molecule has 0 saturated carbocycles. The van der Waals surface area contributed by atoms with E-state index in [4.69, 9.17) is 0 Å². The molecule has 0 radical (unpaired) electrons. The molecule has 2 heterocycles. The van der Waals surface area contributed by atoms with Crippen molar-refractivity contribution >= 4 is 65.9 Å². The summed E-state index contributed by atoms with van der Waals surface area (Å²) in [5.41, 5.74) is 10.1. The third kappa shape index (κ3) is 3.94. The zero-order valence-electron chi connectivity index (χ0n) is 26.4. The van der Waals surface area contributed by atoms with Crippen LogP contribution in [0.5, 0.6) is 0 Å². The van der Waals surface area contributed by atoms with E-state index in [1.54, 1.807) is 0 Å². The van der Waals surface area contributed by atoms with Crippen LogP contribution >= 0.6 is 0 Å². The molecule has 0 spiro atoms. The van der Waals surface area contributed by atoms with Crippen molar-refractivity contribution in [3.63, 3.8) is 0 Å². The SMILES string of the molecule is CC(C)(C)c1ccc(N(c2cc3c4ccccc4n4c5ccccc5c(c2)c34)c2ccc3ccccc3c2C(C)(C)C)cc1. The lowest BCUT2D eigenvalue weighted by Crippen LogP contribution is -2.20. The number of nitrogens with zero attached hydrogens (tertiary/aromatic N) is 2. The molecule has 0 atom stereocenters. The van der Waals surface area contributed by atoms with Gasteiger partial charge in [0.2, 0.25) is 0 Å². The molecule has 44 heavy (non-hydrogen) atoms. The van der Waals surface area contributed by atoms with Gasteiger partial charge < -0.3 is 9.30 Å². The Balaban J connectivity index is 1.50. The summed E-state index contributed by atoms with van der Waals surface area (Å²) in [5, 5.41) is 7.74. The fraction of sp³-hybridized carbons (Fsp3) is 0.190. The van der Waals surface area contributed by atoms with Crippen molar-refractivity contribution in [3.05, 3.63) is 132 Å². The van der Waals surface area contributed by atoms with Crippen molar-refractivity contribution in [1.29, 1.82) is 0 Å². The molecule has 6 aromatic carbocycles. The van der Waals surface area contributed by atoms with E-state index in [1.165, 1.54) is 77.1 Å². The first-order chi connectivity index (χ1) is 21.1. The number of aromatic nitrogens is 1. The lowest BCUT2D eigenvalue weighted by atomic mass is 9.81. The molecule has 0 fully saturated rings. The predicted molar refractivity (Wildman–Crippen MR) is 191 cm³/mol. The second-order valence-corrected chi connectivity index (χ2v) is 14.3. The summed E-state index contributed by atoms with van der Waals surface area (Å²) < 4.78 is 2.46. The Kier molecular flexibility index (Phi) is 5.68. The molecule has 0 aliphatic heterocycles. The Labute approximate surface area is 259 Å². The third-order valence-electron chi connectivity index (χ3n) is 9.34. The number of anilines is 3. The first-order valence-corrected chi connectivity index (χ1v) is 15.7. The van der Waals surface area contributed by atoms with E-state index in [0.717, 1.165) is 0 Å². The Morgan fingerprint density at radius 1 is 0.477 bits per heavy atom. The van der Waals surface area contributed by atoms with Crippen molar-refractivity contribution in [2.45, 2.75) is 52.4 Å². The fourth-order valence-corrected chi connectivity index (χ4v) is 7.34. The van der Waals surface area contributed by atoms with Gasteiger partial charge >= 0.3 is 0 Å². The Hall–Kier alpha value is -4.82. The van der Waals surface area contributed by atoms with Gasteiger partial charge in [0.05, 0.1) is 22.2 Å². The monoisotopic (exact) mass is 570 g/mol. The predicted octanol–water partition coefficient (Wildman–Crippen LogP) is 12.1. The average Bonchev–Trinajstić information content (AvgIpc) is 3.52. The highest BCUT2D eigenvalue weighted by Gasteiger charge is 2.28. The van der Waals surface area contributed by atoms with Crippen molar-refractivity contribution in [3.8, 4) is 0 Å². The number of hydrogen-bond donors (Lipinski definition) is 0. The molecule has 8 aromatic rings. The number of para-hydroxylation sites is 2. The summed E-state index contributed by atoms with van der Waals surface area (Å²) in [6, 6.07) is 45.2. The number of hydrogen-bond acceptors (Lipinski definition) is 1. The van der Waals surface area contributed by atoms with Gasteiger partial charge in [0.25, 0.3) is 0 Å². The van der Waals surface area contributed by atoms with Gasteiger partial charge in [-0.15, -0.1) is 0 Å². The summed E-state index contributed by atoms with van der Waals surface area (Å²) in [6.07, 6.45) is 0. The maximum atomic E-state index is 2.50. The van der Waals surface area contributed by atoms with Crippen LogP contribution in [0.1, 0.15) is 52.7 Å². The van der Waals surface area contributed by atoms with Gasteiger partial charge in [0, 0.05) is 32.9 Å². The smallest absolute Gasteiger partial charge is 0.0622 e. The molecule has 0 bridgehead atoms. The molecule has 0 unspecified atom stereocenters. The standard InChI is InChI=1S/C42H38N2/c1-41(2,3)28-20-22-29(23-21-28)43(38-24-19-27-13-7-8-14-31(27)39(38)42(4,5)6)30-25-34-32-15-9-11-17-36(32)44-37-18-12-10-16-33(37)35(26-30)40(34)44/h7-26H,1-6H3. The summed E-state index contributed by atoms with van der Waals surface area (Å²) >= 11 is 0. The lowest BCUT2D eigenvalue weighted by Gasteiger charge is -2.33. The average molecular weight is 571 g/mol. The van der Waals surface area contributed by atoms with Crippen LogP contribution in [0.4, 0.5) is 17.1 Å². The maximum Gasteiger partial charge on any atom is 0.0622 e. The Morgan fingerprint density at radius 2 is 1.02 bits per heavy atom. The molecule has 216 valence electrons. The zero-order chi connectivity index (χ0) is 30.4. The van der Waals surface area contributed by atoms with Crippen LogP contribution in [0, 0.1) is 0 Å². The van der Waals surface area contributed by atoms with Crippen molar-refractivity contribution in [2.75, 3.05) is 4.90 Å². The van der Waals surface area contributed by atoms with Crippen LogP contribution < -0.4 is 4.90 Å². The van der Waals surface area contributed by atoms with Gasteiger partial charge in [-0.3, -0.25) is 0 Å². The molecule has 2 heteroatoms. The molecule has 0 aliphatic rings. The number of benzene rings is 6. The van der Waals surface area contributed by atoms with Crippen LogP contribution in [0.3, 0.4) is 0 Å². The maximum absolute atomic E-state index is 2.50. The highest BCUT2D eigenvalue weighted by molar-refractivity contribution is 6.24. The van der Waals surface area contributed by atoms with Crippen molar-refractivity contribution < 1.29 is 0 Å². The molecule has 8 rings (SSSR count). The topological polar surface area (TPSA) is 7.65 Å². The number of rotatable bonds is 3. The van der Waals surface area contributed by atoms with Crippen LogP contribution in [-0.2, 0) is 10.8 Å². The molecular formula is C42H38N2. The zero-order valence-corrected chi connectivity index (χ0v) is 26.4. The normalized spacial score (nSPS) is 12.8. The second kappa shape index (κ2) is 9.34. The van der Waals surface area contributed by atoms with Gasteiger partial charge in [0.15, 0.2) is 0 Å². The third-order valence-corrected chi connectivity index (χ3v) is 9.34. The van der Waals surface area contributed by atoms with Crippen LogP contribution in [-0.4, -0.2) is 4.40 Å². The highest BCUT2D eigenvalue weighted by atomic mass is 15.1. The van der Waals surface area contributed by atoms with Gasteiger partial charge in [-0.25, -0.2) is 0 Å². The lowest BCUT2D eigenvalue weighted by molar-refractivity contribution is 0.590. The Morgan fingerprint density at radius 3 is 1.59 bits per heavy atom. The first kappa shape index (κ1) is 26.8. The van der Waals surface area contributed by atoms with Gasteiger partial charge in [-0.05, 0) is 75.2 Å². The molecule has 2 nitrogen and oxygen atoms in total. The van der Waals surface area contributed by atoms with E-state index in [-0.39, 0.29) is 10.8 Å². The Bertz CT molecular complexity index is 2260. The summed E-state index contributed by atoms with van der Waals surface area (Å²) in [7, 11) is 0. The molecule has 0 aliphatic carbocycles. The molecule has 0 N–H and O–H groups in total. The van der Waals surface area contributed by atoms with Crippen LogP contribution in [0.2, 0.25) is 0 Å². The minimum Gasteiger partial charge on any atom is -0.310 e. The van der Waals surface area contributed by atoms with Crippen molar-refractivity contribution in [2.24, 2.45) is 0 Å². The van der Waals surface area contributed by atoms with E-state index in [0.29, 0.717) is 0 Å². The summed E-state index contributed by atoms with van der Waals surface area (Å²) in [4.78, 5) is 2.50. The molecule has 0 amide bonds. The molecule has 2 aromatic heterocycles. The van der Waals surface area contributed by atoms with Gasteiger partial charge in [-0.2, -0.15) is 0 Å². The minimum atomic E-state index is -0.0800. The summed E-state index contributed by atoms with van der Waals surface area (Å²) in [5.74, 6) is 0. The fourth-order valence-electron chi connectivity index (χ4n) is 7.34. The highest BCUT2D eigenvalue weighted by Crippen LogP contribution is 2.48. The largest absolute Gasteiger partial charge is 0.310 e. The number of fused-ring (bicyclic) bond motifs is 7. The van der Waals surface area contributed by atoms with Gasteiger partial charge in [-0.1, -0.05) is 120 Å². The van der Waals surface area contributed by atoms with E-state index >= 15 is 0 Å². The van der Waals surface area contributed by atoms with E-state index < -0.39 is 0 Å². The minimum absolute atomic E-state index is 0.0800. The second-order valence-electron chi connectivity index (χ2n) is 14.3. The van der Waals surface area contributed by atoms with Crippen molar-refractivity contribution in [1.82, 2.24) is 4.40 Å². The van der Waals surface area contributed by atoms with Crippen LogP contribution in [0.25, 0.3) is 48.9 Å². The van der Waals surface area contributed by atoms with E-state index in [9.17, 15) is 0 Å². The molecular weight excluding hydrogens is 532 g/mol. The molecule has 0 saturated heterocycles. The van der Waals surface area contributed by atoms with E-state index in [2.05, 4.69) is 172 Å². The van der Waals surface area contributed by atoms with Crippen LogP contribution in [0.15, 0.2) is 121 Å². The summed E-state index contributed by atoms with van der Waals surface area (Å²) in [6.45, 7) is 13.9.